The molecular weight excluding hydrogens is 582 g/mol. The summed E-state index contributed by atoms with van der Waals surface area (Å²) in [6.07, 6.45) is 0.249. The highest BCUT2D eigenvalue weighted by Crippen LogP contribution is 2.31. The van der Waals surface area contributed by atoms with E-state index in [1.165, 1.54) is 24.1 Å². The zero-order valence-electron chi connectivity index (χ0n) is 24.7. The zero-order valence-corrected chi connectivity index (χ0v) is 26.3. The minimum absolute atomic E-state index is 0.0440. The molecular formula is C34H36ClN3O4S. The molecule has 0 fully saturated rings. The molecule has 43 heavy (non-hydrogen) atoms. The Labute approximate surface area is 259 Å². The lowest BCUT2D eigenvalue weighted by Gasteiger charge is -2.34. The van der Waals surface area contributed by atoms with Crippen LogP contribution in [0.3, 0.4) is 0 Å². The molecule has 224 valence electrons. The van der Waals surface area contributed by atoms with E-state index in [0.717, 1.165) is 26.6 Å². The molecule has 0 heterocycles. The minimum atomic E-state index is -4.20. The Morgan fingerprint density at radius 2 is 1.40 bits per heavy atom. The van der Waals surface area contributed by atoms with Crippen molar-refractivity contribution in [2.24, 2.45) is 0 Å². The van der Waals surface area contributed by atoms with Gasteiger partial charge in [0.2, 0.25) is 11.8 Å². The Morgan fingerprint density at radius 3 is 2.00 bits per heavy atom. The van der Waals surface area contributed by atoms with Gasteiger partial charge in [-0.1, -0.05) is 95.5 Å². The van der Waals surface area contributed by atoms with Crippen LogP contribution in [0.1, 0.15) is 27.8 Å². The number of benzene rings is 4. The molecule has 4 aromatic carbocycles. The molecule has 9 heteroatoms. The summed E-state index contributed by atoms with van der Waals surface area (Å²) in [7, 11) is -2.67. The smallest absolute Gasteiger partial charge is 0.264 e. The summed E-state index contributed by atoms with van der Waals surface area (Å²) in [5.74, 6) is -0.878. The molecule has 1 atom stereocenters. The van der Waals surface area contributed by atoms with Crippen LogP contribution in [0.5, 0.6) is 0 Å². The van der Waals surface area contributed by atoms with E-state index in [9.17, 15) is 18.0 Å². The van der Waals surface area contributed by atoms with Crippen LogP contribution in [0, 0.1) is 20.8 Å². The van der Waals surface area contributed by atoms with Crippen LogP contribution >= 0.6 is 11.6 Å². The van der Waals surface area contributed by atoms with Crippen molar-refractivity contribution in [2.45, 2.75) is 44.7 Å². The van der Waals surface area contributed by atoms with Crippen molar-refractivity contribution >= 4 is 39.1 Å². The van der Waals surface area contributed by atoms with Crippen molar-refractivity contribution in [2.75, 3.05) is 17.9 Å². The predicted octanol–water partition coefficient (Wildman–Crippen LogP) is 5.85. The van der Waals surface area contributed by atoms with Gasteiger partial charge in [0.25, 0.3) is 10.0 Å². The van der Waals surface area contributed by atoms with E-state index < -0.39 is 28.5 Å². The third kappa shape index (κ3) is 7.63. The second-order valence-corrected chi connectivity index (χ2v) is 12.8. The monoisotopic (exact) mass is 617 g/mol. The maximum absolute atomic E-state index is 14.4. The molecule has 4 rings (SSSR count). The van der Waals surface area contributed by atoms with Gasteiger partial charge in [0.05, 0.1) is 10.6 Å². The van der Waals surface area contributed by atoms with E-state index in [-0.39, 0.29) is 29.5 Å². The molecule has 0 aliphatic carbocycles. The fourth-order valence-corrected chi connectivity index (χ4v) is 6.47. The van der Waals surface area contributed by atoms with Crippen molar-refractivity contribution < 1.29 is 18.0 Å². The average molecular weight is 618 g/mol. The lowest BCUT2D eigenvalue weighted by molar-refractivity contribution is -0.139. The molecule has 0 saturated carbocycles. The first-order valence-corrected chi connectivity index (χ1v) is 15.8. The Balaban J connectivity index is 1.81. The molecule has 0 aliphatic rings. The number of rotatable bonds is 11. The molecule has 1 N–H and O–H groups in total. The lowest BCUT2D eigenvalue weighted by atomic mass is 10.0. The number of aryl methyl sites for hydroxylation is 2. The average Bonchev–Trinajstić information content (AvgIpc) is 3.00. The third-order valence-corrected chi connectivity index (χ3v) is 9.57. The summed E-state index contributed by atoms with van der Waals surface area (Å²) in [5, 5.41) is 3.07. The number of likely N-dealkylation sites (N-methyl/N-ethyl adjacent to an activating group) is 1. The quantitative estimate of drug-likeness (QED) is 0.229. The number of carbonyl (C=O) groups is 2. The van der Waals surface area contributed by atoms with Gasteiger partial charge < -0.3 is 10.2 Å². The molecule has 0 aromatic heterocycles. The molecule has 4 aromatic rings. The fraction of sp³-hybridized carbons (Fsp3) is 0.235. The van der Waals surface area contributed by atoms with Crippen LogP contribution < -0.4 is 9.62 Å². The first kappa shape index (κ1) is 31.8. The number of nitrogens with one attached hydrogen (secondary N) is 1. The van der Waals surface area contributed by atoms with Gasteiger partial charge in [0, 0.05) is 25.0 Å². The van der Waals surface area contributed by atoms with Crippen molar-refractivity contribution in [3.63, 3.8) is 0 Å². The molecule has 0 spiro atoms. The van der Waals surface area contributed by atoms with Crippen LogP contribution in [-0.4, -0.2) is 44.8 Å². The summed E-state index contributed by atoms with van der Waals surface area (Å²) < 4.78 is 29.4. The molecule has 0 bridgehead atoms. The van der Waals surface area contributed by atoms with E-state index in [4.69, 9.17) is 11.6 Å². The number of carbonyl (C=O) groups excluding carboxylic acids is 2. The topological polar surface area (TPSA) is 86.8 Å². The second-order valence-electron chi connectivity index (χ2n) is 10.5. The summed E-state index contributed by atoms with van der Waals surface area (Å²) in [4.78, 5) is 29.3. The largest absolute Gasteiger partial charge is 0.357 e. The number of anilines is 1. The van der Waals surface area contributed by atoms with Crippen molar-refractivity contribution in [3.8, 4) is 0 Å². The zero-order chi connectivity index (χ0) is 31.1. The Morgan fingerprint density at radius 1 is 0.791 bits per heavy atom. The number of nitrogens with zero attached hydrogens (tertiary/aromatic N) is 2. The van der Waals surface area contributed by atoms with Gasteiger partial charge in [0.15, 0.2) is 0 Å². The molecule has 7 nitrogen and oxygen atoms in total. The van der Waals surface area contributed by atoms with Crippen LogP contribution in [0.25, 0.3) is 0 Å². The number of halogens is 1. The van der Waals surface area contributed by atoms with Gasteiger partial charge in [0.1, 0.15) is 12.6 Å². The highest BCUT2D eigenvalue weighted by atomic mass is 35.5. The van der Waals surface area contributed by atoms with Gasteiger partial charge in [-0.25, -0.2) is 8.42 Å². The van der Waals surface area contributed by atoms with Gasteiger partial charge in [-0.3, -0.25) is 13.9 Å². The van der Waals surface area contributed by atoms with E-state index >= 15 is 0 Å². The molecule has 0 aliphatic heterocycles. The Hall–Kier alpha value is -4.14. The van der Waals surface area contributed by atoms with Crippen molar-refractivity contribution in [1.82, 2.24) is 10.2 Å². The van der Waals surface area contributed by atoms with Gasteiger partial charge in [-0.15, -0.1) is 0 Å². The molecule has 0 saturated heterocycles. The molecule has 0 radical (unpaired) electrons. The Kier molecular flexibility index (Phi) is 10.3. The van der Waals surface area contributed by atoms with Crippen LogP contribution in [0.15, 0.2) is 102 Å². The highest BCUT2D eigenvalue weighted by molar-refractivity contribution is 7.92. The van der Waals surface area contributed by atoms with Crippen molar-refractivity contribution in [1.29, 1.82) is 0 Å². The number of sulfonamides is 1. The molecule has 0 unspecified atom stereocenters. The number of hydrogen-bond acceptors (Lipinski definition) is 4. The van der Waals surface area contributed by atoms with Crippen LogP contribution in [-0.2, 0) is 32.6 Å². The summed E-state index contributed by atoms with van der Waals surface area (Å²) in [6.45, 7) is 5.12. The van der Waals surface area contributed by atoms with E-state index in [0.29, 0.717) is 10.6 Å². The predicted molar refractivity (Wildman–Crippen MR) is 172 cm³/mol. The SMILES string of the molecule is CNC(=O)[C@H](Cc1ccccc1)N(Cc1ccc(C)cc1)C(=O)CN(c1cccc(Cl)c1C)S(=O)(=O)c1ccc(C)cc1. The fourth-order valence-electron chi connectivity index (χ4n) is 4.83. The van der Waals surface area contributed by atoms with Crippen LogP contribution in [0.4, 0.5) is 5.69 Å². The standard InChI is InChI=1S/C34H36ClN3O4S/c1-24-13-17-28(18-14-24)22-37(32(34(40)36-4)21-27-9-6-5-7-10-27)33(39)23-38(31-12-8-11-30(35)26(31)3)43(41,42)29-19-15-25(2)16-20-29/h5-20,32H,21-23H2,1-4H3,(H,36,40)/t32-/m0/s1. The highest BCUT2D eigenvalue weighted by Gasteiger charge is 2.35. The molecule has 2 amide bonds. The van der Waals surface area contributed by atoms with E-state index in [1.807, 2.05) is 68.4 Å². The normalized spacial score (nSPS) is 11.9. The second kappa shape index (κ2) is 13.9. The maximum Gasteiger partial charge on any atom is 0.264 e. The van der Waals surface area contributed by atoms with E-state index in [2.05, 4.69) is 5.32 Å². The Bertz CT molecular complexity index is 1680. The number of hydrogen-bond donors (Lipinski definition) is 1. The summed E-state index contributed by atoms with van der Waals surface area (Å²) >= 11 is 6.43. The van der Waals surface area contributed by atoms with Gasteiger partial charge >= 0.3 is 0 Å². The van der Waals surface area contributed by atoms with Crippen LogP contribution in [0.2, 0.25) is 5.02 Å². The van der Waals surface area contributed by atoms with Gasteiger partial charge in [-0.05, 0) is 61.7 Å². The summed E-state index contributed by atoms with van der Waals surface area (Å²) in [6, 6.07) is 27.6. The van der Waals surface area contributed by atoms with E-state index in [1.54, 1.807) is 37.3 Å². The first-order valence-electron chi connectivity index (χ1n) is 14.0. The first-order chi connectivity index (χ1) is 20.5. The third-order valence-electron chi connectivity index (χ3n) is 7.39. The lowest BCUT2D eigenvalue weighted by Crippen LogP contribution is -2.53. The number of amides is 2. The van der Waals surface area contributed by atoms with Gasteiger partial charge in [-0.2, -0.15) is 0 Å². The minimum Gasteiger partial charge on any atom is -0.357 e. The summed E-state index contributed by atoms with van der Waals surface area (Å²) in [5.41, 5.74) is 4.45. The van der Waals surface area contributed by atoms with Crippen molar-refractivity contribution in [3.05, 3.63) is 130 Å². The maximum atomic E-state index is 14.4.